The molecule has 0 N–H and O–H groups in total. The van der Waals surface area contributed by atoms with E-state index in [2.05, 4.69) is 64.3 Å². The first kappa shape index (κ1) is 15.4. The summed E-state index contributed by atoms with van der Waals surface area (Å²) in [7, 11) is 0.770. The zero-order chi connectivity index (χ0) is 13.1. The Kier molecular flexibility index (Phi) is 4.99. The summed E-state index contributed by atoms with van der Waals surface area (Å²) in [5.41, 5.74) is 1.42. The fourth-order valence-electron chi connectivity index (χ4n) is 1.43. The van der Waals surface area contributed by atoms with Gasteiger partial charge in [0.2, 0.25) is 0 Å². The number of hydrogen-bond acceptors (Lipinski definition) is 1. The van der Waals surface area contributed by atoms with Crippen molar-refractivity contribution in [3.63, 3.8) is 0 Å². The second kappa shape index (κ2) is 5.17. The van der Waals surface area contributed by atoms with Crippen LogP contribution in [0.25, 0.3) is 0 Å². The molecule has 0 aliphatic carbocycles. The van der Waals surface area contributed by atoms with Crippen molar-refractivity contribution in [2.24, 2.45) is 4.99 Å². The number of rotatable bonds is 4. The van der Waals surface area contributed by atoms with Crippen molar-refractivity contribution < 1.29 is 0 Å². The fraction of sp³-hybridized carbons (Fsp3) is 0.769. The number of hydrogen-bond donors (Lipinski definition) is 0. The van der Waals surface area contributed by atoms with E-state index < -0.39 is 8.07 Å². The highest BCUT2D eigenvalue weighted by molar-refractivity contribution is 6.81. The van der Waals surface area contributed by atoms with Crippen LogP contribution in [-0.4, -0.2) is 32.0 Å². The van der Waals surface area contributed by atoms with Gasteiger partial charge in [-0.15, -0.1) is 0 Å². The Balaban J connectivity index is 4.79. The maximum atomic E-state index is 4.27. The predicted octanol–water partition coefficient (Wildman–Crippen LogP) is 3.92. The van der Waals surface area contributed by atoms with Gasteiger partial charge in [-0.1, -0.05) is 40.4 Å². The van der Waals surface area contributed by atoms with Crippen LogP contribution >= 0.6 is 0 Å². The third-order valence-electron chi connectivity index (χ3n) is 4.05. The van der Waals surface area contributed by atoms with E-state index in [0.29, 0.717) is 10.7 Å². The summed E-state index contributed by atoms with van der Waals surface area (Å²) in [5, 5.41) is 0.401. The molecule has 1 unspecified atom stereocenters. The van der Waals surface area contributed by atoms with Crippen LogP contribution in [0.3, 0.4) is 0 Å². The first-order chi connectivity index (χ1) is 7.00. The molecule has 0 aromatic heterocycles. The van der Waals surface area contributed by atoms with Gasteiger partial charge in [-0.25, -0.2) is 4.99 Å². The van der Waals surface area contributed by atoms with E-state index in [1.807, 2.05) is 13.3 Å². The molecule has 0 saturated carbocycles. The summed E-state index contributed by atoms with van der Waals surface area (Å²) < 4.78 is 0. The van der Waals surface area contributed by atoms with E-state index in [-0.39, 0.29) is 0 Å². The molecule has 16 heavy (non-hydrogen) atoms. The van der Waals surface area contributed by atoms with Gasteiger partial charge < -0.3 is 4.90 Å². The van der Waals surface area contributed by atoms with E-state index in [1.54, 1.807) is 0 Å². The lowest BCUT2D eigenvalue weighted by atomic mass is 10.2. The van der Waals surface area contributed by atoms with Crippen molar-refractivity contribution in [3.8, 4) is 0 Å². The van der Waals surface area contributed by atoms with Crippen molar-refractivity contribution in [2.75, 3.05) is 7.05 Å². The molecular weight excluding hydrogens is 212 g/mol. The van der Waals surface area contributed by atoms with Crippen molar-refractivity contribution in [3.05, 3.63) is 12.3 Å². The maximum absolute atomic E-state index is 4.27. The summed E-state index contributed by atoms with van der Waals surface area (Å²) in [6.07, 6.45) is 1.91. The standard InChI is InChI=1S/C13H28N2Si/c1-11(2)14-10-15(7)12(3)16(8,9)13(4,5)6/h10,12H,1H2,2-9H3. The fourth-order valence-corrected chi connectivity index (χ4v) is 3.76. The smallest absolute Gasteiger partial charge is 0.0904 e. The monoisotopic (exact) mass is 240 g/mol. The van der Waals surface area contributed by atoms with Gasteiger partial charge >= 0.3 is 0 Å². The number of allylic oxidation sites excluding steroid dienone is 1. The zero-order valence-electron chi connectivity index (χ0n) is 12.3. The molecule has 0 aromatic carbocycles. The lowest BCUT2D eigenvalue weighted by Crippen LogP contribution is -2.54. The number of nitrogens with zero attached hydrogens (tertiary/aromatic N) is 2. The third-order valence-corrected chi connectivity index (χ3v) is 10.4. The van der Waals surface area contributed by atoms with Crippen LogP contribution in [0.4, 0.5) is 0 Å². The average molecular weight is 240 g/mol. The van der Waals surface area contributed by atoms with Gasteiger partial charge in [0.05, 0.1) is 14.4 Å². The average Bonchev–Trinajstić information content (AvgIpc) is 2.10. The second-order valence-corrected chi connectivity index (χ2v) is 12.1. The van der Waals surface area contributed by atoms with Gasteiger partial charge in [0.25, 0.3) is 0 Å². The van der Waals surface area contributed by atoms with Gasteiger partial charge in [0, 0.05) is 18.4 Å². The van der Waals surface area contributed by atoms with Crippen molar-refractivity contribution >= 4 is 14.4 Å². The molecule has 3 heteroatoms. The maximum Gasteiger partial charge on any atom is 0.0904 e. The molecule has 0 aromatic rings. The quantitative estimate of drug-likeness (QED) is 0.413. The van der Waals surface area contributed by atoms with Gasteiger partial charge in [-0.3, -0.25) is 0 Å². The minimum absolute atomic E-state index is 0.401. The van der Waals surface area contributed by atoms with Crippen LogP contribution in [0.2, 0.25) is 18.1 Å². The molecule has 94 valence electrons. The normalized spacial score (nSPS) is 15.2. The lowest BCUT2D eigenvalue weighted by molar-refractivity contribution is 0.471. The largest absolute Gasteiger partial charge is 0.366 e. The molecule has 0 bridgehead atoms. The summed E-state index contributed by atoms with van der Waals surface area (Å²) >= 11 is 0. The van der Waals surface area contributed by atoms with Crippen molar-refractivity contribution in [2.45, 2.75) is 58.4 Å². The van der Waals surface area contributed by atoms with Gasteiger partial charge in [0.1, 0.15) is 0 Å². The SMILES string of the molecule is C=C(C)N=CN(C)C(C)[Si](C)(C)C(C)(C)C. The molecule has 0 spiro atoms. The molecular formula is C13H28N2Si. The highest BCUT2D eigenvalue weighted by Crippen LogP contribution is 2.39. The predicted molar refractivity (Wildman–Crippen MR) is 77.7 cm³/mol. The molecule has 0 aliphatic rings. The van der Waals surface area contributed by atoms with Crippen LogP contribution in [0.15, 0.2) is 17.3 Å². The molecule has 0 heterocycles. The van der Waals surface area contributed by atoms with Gasteiger partial charge in [-0.05, 0) is 18.9 Å². The molecule has 1 atom stereocenters. The Labute approximate surface area is 102 Å². The molecule has 0 fully saturated rings. The topological polar surface area (TPSA) is 15.6 Å². The molecule has 0 amide bonds. The van der Waals surface area contributed by atoms with E-state index >= 15 is 0 Å². The number of aliphatic imine (C=N–C) groups is 1. The van der Waals surface area contributed by atoms with E-state index in [0.717, 1.165) is 5.70 Å². The van der Waals surface area contributed by atoms with Crippen LogP contribution < -0.4 is 0 Å². The Morgan fingerprint density at radius 1 is 1.38 bits per heavy atom. The van der Waals surface area contributed by atoms with Crippen LogP contribution in [0, 0.1) is 0 Å². The van der Waals surface area contributed by atoms with Crippen LogP contribution in [0.5, 0.6) is 0 Å². The minimum atomic E-state index is -1.34. The Morgan fingerprint density at radius 3 is 2.12 bits per heavy atom. The van der Waals surface area contributed by atoms with Gasteiger partial charge in [0.15, 0.2) is 0 Å². The highest BCUT2D eigenvalue weighted by Gasteiger charge is 2.41. The lowest BCUT2D eigenvalue weighted by Gasteiger charge is -2.44. The third kappa shape index (κ3) is 3.78. The Morgan fingerprint density at radius 2 is 1.81 bits per heavy atom. The van der Waals surface area contributed by atoms with Gasteiger partial charge in [-0.2, -0.15) is 0 Å². The Bertz CT molecular complexity index is 274. The van der Waals surface area contributed by atoms with E-state index in [9.17, 15) is 0 Å². The van der Waals surface area contributed by atoms with Crippen molar-refractivity contribution in [1.82, 2.24) is 4.90 Å². The summed E-state index contributed by atoms with van der Waals surface area (Å²) in [4.78, 5) is 6.50. The summed E-state index contributed by atoms with van der Waals surface area (Å²) in [6, 6.07) is 0. The van der Waals surface area contributed by atoms with Crippen LogP contribution in [-0.2, 0) is 0 Å². The molecule has 2 nitrogen and oxygen atoms in total. The zero-order valence-corrected chi connectivity index (χ0v) is 13.3. The molecule has 0 radical (unpaired) electrons. The molecule has 0 rings (SSSR count). The molecule has 0 aliphatic heterocycles. The Hall–Kier alpha value is -0.573. The minimum Gasteiger partial charge on any atom is -0.366 e. The summed E-state index contributed by atoms with van der Waals surface area (Å²) in [5.74, 6) is 0. The highest BCUT2D eigenvalue weighted by atomic mass is 28.3. The van der Waals surface area contributed by atoms with E-state index in [4.69, 9.17) is 0 Å². The van der Waals surface area contributed by atoms with Crippen molar-refractivity contribution in [1.29, 1.82) is 0 Å². The first-order valence-electron chi connectivity index (χ1n) is 5.91. The molecule has 0 saturated heterocycles. The first-order valence-corrected chi connectivity index (χ1v) is 8.99. The van der Waals surface area contributed by atoms with E-state index in [1.165, 1.54) is 0 Å². The second-order valence-electron chi connectivity index (χ2n) is 6.29. The van der Waals surface area contributed by atoms with Crippen LogP contribution in [0.1, 0.15) is 34.6 Å². The summed E-state index contributed by atoms with van der Waals surface area (Å²) in [6.45, 7) is 19.9.